The Morgan fingerprint density at radius 2 is 1.76 bits per heavy atom. The number of ether oxygens (including phenoxy) is 1. The zero-order valence-electron chi connectivity index (χ0n) is 17.5. The normalized spacial score (nSPS) is 18.4. The minimum absolute atomic E-state index is 0.0565. The number of rotatable bonds is 6. The molecule has 0 bridgehead atoms. The number of benzene rings is 2. The second-order valence-electron chi connectivity index (χ2n) is 9.35. The summed E-state index contributed by atoms with van der Waals surface area (Å²) in [5.41, 5.74) is 1.89. The van der Waals surface area contributed by atoms with E-state index in [1.54, 1.807) is 0 Å². The predicted octanol–water partition coefficient (Wildman–Crippen LogP) is 6.92. The van der Waals surface area contributed by atoms with Crippen LogP contribution in [0.3, 0.4) is 0 Å². The molecule has 0 saturated carbocycles. The van der Waals surface area contributed by atoms with Gasteiger partial charge < -0.3 is 10.1 Å². The van der Waals surface area contributed by atoms with Crippen molar-refractivity contribution >= 4 is 37.6 Å². The highest BCUT2D eigenvalue weighted by Gasteiger charge is 2.38. The van der Waals surface area contributed by atoms with Crippen LogP contribution in [0.2, 0.25) is 0 Å². The fraction of sp³-hybridized carbons (Fsp3) is 0.458. The van der Waals surface area contributed by atoms with Crippen molar-refractivity contribution in [3.05, 3.63) is 62.5 Å². The highest BCUT2D eigenvalue weighted by Crippen LogP contribution is 2.35. The van der Waals surface area contributed by atoms with Gasteiger partial charge in [-0.2, -0.15) is 0 Å². The molecule has 2 aromatic carbocycles. The Labute approximate surface area is 190 Å². The number of carbonyl (C=O) groups is 1. The summed E-state index contributed by atoms with van der Waals surface area (Å²) in [5, 5.41) is 3.69. The van der Waals surface area contributed by atoms with Crippen molar-refractivity contribution in [1.82, 2.24) is 5.32 Å². The molecule has 0 aliphatic carbocycles. The van der Waals surface area contributed by atoms with E-state index in [9.17, 15) is 4.79 Å². The standard InChI is InChI=1S/C24H29Br2NO2/c1-23(2)13-16(14-24(3,4)27-23)10-22(28)17-8-9-18(21(26)11-17)15-29-20-7-5-6-19(25)12-20/h5-9,11-12,16,27H,10,13-15H2,1-4H3. The Morgan fingerprint density at radius 1 is 1.07 bits per heavy atom. The molecule has 0 atom stereocenters. The summed E-state index contributed by atoms with van der Waals surface area (Å²) in [5.74, 6) is 1.42. The summed E-state index contributed by atoms with van der Waals surface area (Å²) in [4.78, 5) is 12.9. The fourth-order valence-corrected chi connectivity index (χ4v) is 5.49. The first-order valence-corrected chi connectivity index (χ1v) is 11.6. The lowest BCUT2D eigenvalue weighted by Crippen LogP contribution is -2.57. The summed E-state index contributed by atoms with van der Waals surface area (Å²) in [6.07, 6.45) is 2.62. The molecular weight excluding hydrogens is 494 g/mol. The van der Waals surface area contributed by atoms with Crippen molar-refractivity contribution in [2.45, 2.75) is 64.6 Å². The van der Waals surface area contributed by atoms with Crippen LogP contribution in [-0.2, 0) is 6.61 Å². The molecule has 1 aliphatic rings. The maximum atomic E-state index is 12.9. The van der Waals surface area contributed by atoms with Crippen molar-refractivity contribution in [2.24, 2.45) is 5.92 Å². The highest BCUT2D eigenvalue weighted by molar-refractivity contribution is 9.10. The monoisotopic (exact) mass is 521 g/mol. The van der Waals surface area contributed by atoms with Gasteiger partial charge in [0, 0.05) is 37.6 Å². The largest absolute Gasteiger partial charge is 0.489 e. The van der Waals surface area contributed by atoms with Crippen LogP contribution in [-0.4, -0.2) is 16.9 Å². The molecule has 3 rings (SSSR count). The van der Waals surface area contributed by atoms with Crippen LogP contribution in [0.4, 0.5) is 0 Å². The van der Waals surface area contributed by atoms with Gasteiger partial charge in [0.2, 0.25) is 0 Å². The van der Waals surface area contributed by atoms with E-state index in [2.05, 4.69) is 64.9 Å². The molecule has 29 heavy (non-hydrogen) atoms. The van der Waals surface area contributed by atoms with E-state index in [1.165, 1.54) is 0 Å². The third-order valence-corrected chi connectivity index (χ3v) is 6.55. The summed E-state index contributed by atoms with van der Waals surface area (Å²) < 4.78 is 7.76. The number of ketones is 1. The molecule has 156 valence electrons. The number of nitrogens with one attached hydrogen (secondary N) is 1. The molecule has 1 heterocycles. The summed E-state index contributed by atoms with van der Waals surface area (Å²) in [7, 11) is 0. The van der Waals surface area contributed by atoms with Crippen LogP contribution in [0, 0.1) is 5.92 Å². The van der Waals surface area contributed by atoms with Gasteiger partial charge in [-0.05, 0) is 70.7 Å². The van der Waals surface area contributed by atoms with Gasteiger partial charge in [0.25, 0.3) is 0 Å². The van der Waals surface area contributed by atoms with E-state index in [4.69, 9.17) is 4.74 Å². The molecule has 1 N–H and O–H groups in total. The van der Waals surface area contributed by atoms with E-state index in [0.717, 1.165) is 38.7 Å². The van der Waals surface area contributed by atoms with Crippen molar-refractivity contribution < 1.29 is 9.53 Å². The molecule has 2 aromatic rings. The quantitative estimate of drug-likeness (QED) is 0.418. The van der Waals surface area contributed by atoms with Gasteiger partial charge in [-0.15, -0.1) is 0 Å². The number of hydrogen-bond donors (Lipinski definition) is 1. The lowest BCUT2D eigenvalue weighted by molar-refractivity contribution is 0.0864. The van der Waals surface area contributed by atoms with Crippen LogP contribution in [0.25, 0.3) is 0 Å². The van der Waals surface area contributed by atoms with E-state index in [1.807, 2.05) is 42.5 Å². The Kier molecular flexibility index (Phi) is 6.91. The number of piperidine rings is 1. The lowest BCUT2D eigenvalue weighted by atomic mass is 9.74. The molecule has 1 fully saturated rings. The maximum Gasteiger partial charge on any atom is 0.163 e. The minimum atomic E-state index is 0.0565. The Morgan fingerprint density at radius 3 is 2.38 bits per heavy atom. The fourth-order valence-electron chi connectivity index (χ4n) is 4.61. The molecule has 0 unspecified atom stereocenters. The molecule has 3 nitrogen and oxygen atoms in total. The smallest absolute Gasteiger partial charge is 0.163 e. The second-order valence-corrected chi connectivity index (χ2v) is 11.1. The molecular formula is C24H29Br2NO2. The molecule has 5 heteroatoms. The molecule has 0 spiro atoms. The third-order valence-electron chi connectivity index (χ3n) is 5.31. The molecule has 1 saturated heterocycles. The van der Waals surface area contributed by atoms with Crippen LogP contribution >= 0.6 is 31.9 Å². The van der Waals surface area contributed by atoms with E-state index in [0.29, 0.717) is 18.9 Å². The zero-order valence-corrected chi connectivity index (χ0v) is 20.7. The number of halogens is 2. The van der Waals surface area contributed by atoms with Gasteiger partial charge in [-0.3, -0.25) is 4.79 Å². The summed E-state index contributed by atoms with van der Waals surface area (Å²) in [6, 6.07) is 13.6. The van der Waals surface area contributed by atoms with Crippen LogP contribution in [0.1, 0.15) is 62.9 Å². The summed E-state index contributed by atoms with van der Waals surface area (Å²) >= 11 is 7.07. The topological polar surface area (TPSA) is 38.3 Å². The van der Waals surface area contributed by atoms with Crippen molar-refractivity contribution in [3.8, 4) is 5.75 Å². The van der Waals surface area contributed by atoms with Gasteiger partial charge in [-0.1, -0.05) is 50.1 Å². The Hall–Kier alpha value is -1.17. The van der Waals surface area contributed by atoms with E-state index in [-0.39, 0.29) is 16.9 Å². The molecule has 0 amide bonds. The van der Waals surface area contributed by atoms with Gasteiger partial charge in [0.05, 0.1) is 0 Å². The first kappa shape index (κ1) is 22.5. The van der Waals surface area contributed by atoms with Gasteiger partial charge >= 0.3 is 0 Å². The first-order valence-electron chi connectivity index (χ1n) is 10.0. The van der Waals surface area contributed by atoms with E-state index < -0.39 is 0 Å². The highest BCUT2D eigenvalue weighted by atomic mass is 79.9. The van der Waals surface area contributed by atoms with Crippen LogP contribution in [0.5, 0.6) is 5.75 Å². The zero-order chi connectivity index (χ0) is 21.2. The van der Waals surface area contributed by atoms with Crippen LogP contribution in [0.15, 0.2) is 51.4 Å². The van der Waals surface area contributed by atoms with Crippen LogP contribution < -0.4 is 10.1 Å². The number of hydrogen-bond acceptors (Lipinski definition) is 3. The maximum absolute atomic E-state index is 12.9. The molecule has 1 aliphatic heterocycles. The van der Waals surface area contributed by atoms with Gasteiger partial charge in [0.15, 0.2) is 5.78 Å². The predicted molar refractivity (Wildman–Crippen MR) is 126 cm³/mol. The van der Waals surface area contributed by atoms with Gasteiger partial charge in [0.1, 0.15) is 12.4 Å². The number of carbonyl (C=O) groups excluding carboxylic acids is 1. The lowest BCUT2D eigenvalue weighted by Gasteiger charge is -2.46. The van der Waals surface area contributed by atoms with Crippen molar-refractivity contribution in [2.75, 3.05) is 0 Å². The minimum Gasteiger partial charge on any atom is -0.489 e. The second kappa shape index (κ2) is 8.91. The SMILES string of the molecule is CC1(C)CC(CC(=O)c2ccc(COc3cccc(Br)c3)c(Br)c2)CC(C)(C)N1. The number of Topliss-reactive ketones (excluding diaryl/α,β-unsaturated/α-hetero) is 1. The Bertz CT molecular complexity index is 876. The average Bonchev–Trinajstić information content (AvgIpc) is 2.58. The summed E-state index contributed by atoms with van der Waals surface area (Å²) in [6.45, 7) is 9.34. The van der Waals surface area contributed by atoms with Gasteiger partial charge in [-0.25, -0.2) is 0 Å². The van der Waals surface area contributed by atoms with Crippen molar-refractivity contribution in [1.29, 1.82) is 0 Å². The Balaban J connectivity index is 1.64. The average molecular weight is 523 g/mol. The third kappa shape index (κ3) is 6.40. The molecule has 0 aromatic heterocycles. The van der Waals surface area contributed by atoms with Crippen molar-refractivity contribution in [3.63, 3.8) is 0 Å². The molecule has 0 radical (unpaired) electrons. The van der Waals surface area contributed by atoms with E-state index >= 15 is 0 Å². The first-order chi connectivity index (χ1) is 13.5.